The lowest BCUT2D eigenvalue weighted by Crippen LogP contribution is -2.29. The molecule has 0 radical (unpaired) electrons. The van der Waals surface area contributed by atoms with E-state index in [-0.39, 0.29) is 5.41 Å². The first kappa shape index (κ1) is 14.4. The van der Waals surface area contributed by atoms with Crippen LogP contribution in [0.2, 0.25) is 0 Å². The van der Waals surface area contributed by atoms with E-state index in [0.29, 0.717) is 0 Å². The summed E-state index contributed by atoms with van der Waals surface area (Å²) in [7, 11) is 0. The molecule has 3 heterocycles. The molecule has 0 amide bonds. The van der Waals surface area contributed by atoms with Crippen molar-refractivity contribution in [2.75, 3.05) is 0 Å². The molecule has 1 unspecified atom stereocenters. The first-order valence-electron chi connectivity index (χ1n) is 7.96. The fourth-order valence-electron chi connectivity index (χ4n) is 3.47. The third-order valence-electron chi connectivity index (χ3n) is 4.71. The molecule has 1 aliphatic carbocycles. The van der Waals surface area contributed by atoms with Gasteiger partial charge in [-0.3, -0.25) is 10.1 Å². The molecular weight excluding hydrogens is 332 g/mol. The number of thiazole rings is 1. The van der Waals surface area contributed by atoms with Gasteiger partial charge in [0.25, 0.3) is 0 Å². The van der Waals surface area contributed by atoms with E-state index in [1.165, 1.54) is 16.8 Å². The van der Waals surface area contributed by atoms with Gasteiger partial charge in [-0.2, -0.15) is 5.10 Å². The summed E-state index contributed by atoms with van der Waals surface area (Å²) in [5.41, 5.74) is 6.64. The standard InChI is InChI=1S/C19H14N4OS/c1-2-4-13(5-3-1)19(17-9-20-12-25-17)7-6-14-15(8-19)22-23-18(14)16-10-24-11-21-16/h1-7,9-12H,8H2,(H,22,23). The lowest BCUT2D eigenvalue weighted by atomic mass is 9.72. The number of hydrogen-bond donors (Lipinski definition) is 1. The molecule has 5 rings (SSSR count). The van der Waals surface area contributed by atoms with E-state index in [2.05, 4.69) is 56.6 Å². The largest absolute Gasteiger partial charge is 0.451 e. The van der Waals surface area contributed by atoms with E-state index in [9.17, 15) is 0 Å². The minimum Gasteiger partial charge on any atom is -0.451 e. The van der Waals surface area contributed by atoms with Gasteiger partial charge < -0.3 is 4.42 Å². The first-order valence-corrected chi connectivity index (χ1v) is 8.84. The highest BCUT2D eigenvalue weighted by molar-refractivity contribution is 7.09. The fraction of sp³-hybridized carbons (Fsp3) is 0.105. The predicted octanol–water partition coefficient (Wildman–Crippen LogP) is 4.08. The molecule has 1 N–H and O–H groups in total. The van der Waals surface area contributed by atoms with Crippen molar-refractivity contribution in [2.24, 2.45) is 0 Å². The second kappa shape index (κ2) is 5.53. The Bertz CT molecular complexity index is 1020. The number of allylic oxidation sites excluding steroid dienone is 1. The topological polar surface area (TPSA) is 67.6 Å². The van der Waals surface area contributed by atoms with Gasteiger partial charge in [-0.25, -0.2) is 4.98 Å². The van der Waals surface area contributed by atoms with Gasteiger partial charge in [0, 0.05) is 28.8 Å². The van der Waals surface area contributed by atoms with Gasteiger partial charge in [-0.1, -0.05) is 42.5 Å². The molecule has 0 bridgehead atoms. The highest BCUT2D eigenvalue weighted by atomic mass is 32.1. The number of fused-ring (bicyclic) bond motifs is 1. The summed E-state index contributed by atoms with van der Waals surface area (Å²) in [4.78, 5) is 9.75. The molecule has 3 aromatic heterocycles. The average molecular weight is 346 g/mol. The van der Waals surface area contributed by atoms with E-state index in [0.717, 1.165) is 29.1 Å². The molecule has 5 nitrogen and oxygen atoms in total. The van der Waals surface area contributed by atoms with Crippen LogP contribution in [0.3, 0.4) is 0 Å². The number of rotatable bonds is 3. The van der Waals surface area contributed by atoms with Crippen LogP contribution in [0.15, 0.2) is 65.2 Å². The number of oxazole rings is 1. The molecule has 1 atom stereocenters. The molecular formula is C19H14N4OS. The van der Waals surface area contributed by atoms with Crippen LogP contribution in [0.4, 0.5) is 0 Å². The summed E-state index contributed by atoms with van der Waals surface area (Å²) in [6.45, 7) is 0. The molecule has 0 aliphatic heterocycles. The van der Waals surface area contributed by atoms with Crippen molar-refractivity contribution in [3.8, 4) is 11.4 Å². The molecule has 122 valence electrons. The van der Waals surface area contributed by atoms with E-state index < -0.39 is 0 Å². The molecule has 1 aromatic carbocycles. The van der Waals surface area contributed by atoms with Gasteiger partial charge in [-0.05, 0) is 5.56 Å². The van der Waals surface area contributed by atoms with Gasteiger partial charge in [-0.15, -0.1) is 11.3 Å². The van der Waals surface area contributed by atoms with Crippen LogP contribution in [-0.4, -0.2) is 20.2 Å². The number of H-pyrrole nitrogens is 1. The van der Waals surface area contributed by atoms with Crippen LogP contribution >= 0.6 is 11.3 Å². The quantitative estimate of drug-likeness (QED) is 0.607. The zero-order valence-corrected chi connectivity index (χ0v) is 14.0. The van der Waals surface area contributed by atoms with Gasteiger partial charge >= 0.3 is 0 Å². The maximum atomic E-state index is 5.10. The first-order chi connectivity index (χ1) is 12.4. The zero-order chi connectivity index (χ0) is 16.7. The monoisotopic (exact) mass is 346 g/mol. The molecule has 0 saturated heterocycles. The number of benzene rings is 1. The summed E-state index contributed by atoms with van der Waals surface area (Å²) in [5, 5.41) is 7.67. The Morgan fingerprint density at radius 2 is 2.12 bits per heavy atom. The third-order valence-corrected chi connectivity index (χ3v) is 5.66. The van der Waals surface area contributed by atoms with Crippen molar-refractivity contribution < 1.29 is 4.42 Å². The second-order valence-corrected chi connectivity index (χ2v) is 6.94. The SMILES string of the molecule is C1=CC(c2ccccc2)(c2cncs2)Cc2[nH]nc(-c3cocn3)c21. The van der Waals surface area contributed by atoms with Crippen LogP contribution in [0, 0.1) is 0 Å². The molecule has 1 aliphatic rings. The van der Waals surface area contributed by atoms with Crippen LogP contribution in [-0.2, 0) is 11.8 Å². The van der Waals surface area contributed by atoms with Crippen molar-refractivity contribution in [1.82, 2.24) is 20.2 Å². The third kappa shape index (κ3) is 2.18. The highest BCUT2D eigenvalue weighted by Crippen LogP contribution is 2.43. The molecule has 0 saturated carbocycles. The Morgan fingerprint density at radius 3 is 2.88 bits per heavy atom. The minimum absolute atomic E-state index is 0.233. The molecule has 25 heavy (non-hydrogen) atoms. The molecule has 0 fully saturated rings. The number of aromatic amines is 1. The van der Waals surface area contributed by atoms with E-state index in [1.807, 2.05) is 17.8 Å². The normalized spacial score (nSPS) is 19.0. The smallest absolute Gasteiger partial charge is 0.181 e. The molecule has 6 heteroatoms. The van der Waals surface area contributed by atoms with E-state index in [4.69, 9.17) is 4.42 Å². The van der Waals surface area contributed by atoms with Crippen molar-refractivity contribution in [3.63, 3.8) is 0 Å². The Morgan fingerprint density at radius 1 is 1.20 bits per heavy atom. The number of hydrogen-bond acceptors (Lipinski definition) is 5. The van der Waals surface area contributed by atoms with Gasteiger partial charge in [0.2, 0.25) is 0 Å². The van der Waals surface area contributed by atoms with E-state index >= 15 is 0 Å². The maximum Gasteiger partial charge on any atom is 0.181 e. The van der Waals surface area contributed by atoms with Gasteiger partial charge in [0.15, 0.2) is 6.39 Å². The predicted molar refractivity (Wildman–Crippen MR) is 96.2 cm³/mol. The average Bonchev–Trinajstić information content (AvgIpc) is 3.42. The summed E-state index contributed by atoms with van der Waals surface area (Å²) in [6.07, 6.45) is 10.2. The lowest BCUT2D eigenvalue weighted by Gasteiger charge is -2.32. The summed E-state index contributed by atoms with van der Waals surface area (Å²) in [5.74, 6) is 0. The lowest BCUT2D eigenvalue weighted by molar-refractivity contribution is 0.558. The minimum atomic E-state index is -0.233. The van der Waals surface area contributed by atoms with Crippen molar-refractivity contribution in [3.05, 3.63) is 82.5 Å². The van der Waals surface area contributed by atoms with Crippen molar-refractivity contribution in [2.45, 2.75) is 11.8 Å². The summed E-state index contributed by atoms with van der Waals surface area (Å²) in [6, 6.07) is 10.5. The Balaban J connectivity index is 1.66. The number of aromatic nitrogens is 4. The van der Waals surface area contributed by atoms with Crippen LogP contribution < -0.4 is 0 Å². The molecule has 4 aromatic rings. The van der Waals surface area contributed by atoms with Crippen LogP contribution in [0.25, 0.3) is 17.5 Å². The van der Waals surface area contributed by atoms with Gasteiger partial charge in [0.1, 0.15) is 17.7 Å². The van der Waals surface area contributed by atoms with E-state index in [1.54, 1.807) is 17.6 Å². The Kier molecular flexibility index (Phi) is 3.18. The fourth-order valence-corrected chi connectivity index (χ4v) is 4.30. The summed E-state index contributed by atoms with van der Waals surface area (Å²) < 4.78 is 5.10. The summed E-state index contributed by atoms with van der Waals surface area (Å²) >= 11 is 1.68. The Hall–Kier alpha value is -2.99. The highest BCUT2D eigenvalue weighted by Gasteiger charge is 2.37. The second-order valence-electron chi connectivity index (χ2n) is 6.05. The number of nitrogens with zero attached hydrogens (tertiary/aromatic N) is 3. The number of nitrogens with one attached hydrogen (secondary N) is 1. The van der Waals surface area contributed by atoms with Gasteiger partial charge in [0.05, 0.1) is 10.9 Å². The van der Waals surface area contributed by atoms with Crippen molar-refractivity contribution in [1.29, 1.82) is 0 Å². The van der Waals surface area contributed by atoms with Crippen LogP contribution in [0.1, 0.15) is 21.7 Å². The zero-order valence-electron chi connectivity index (χ0n) is 13.2. The Labute approximate surface area is 148 Å². The van der Waals surface area contributed by atoms with Crippen LogP contribution in [0.5, 0.6) is 0 Å². The van der Waals surface area contributed by atoms with Crippen molar-refractivity contribution >= 4 is 17.4 Å². The maximum absolute atomic E-state index is 5.10. The molecule has 0 spiro atoms.